The van der Waals surface area contributed by atoms with E-state index in [9.17, 15) is 20.0 Å². The van der Waals surface area contributed by atoms with Crippen LogP contribution in [0.15, 0.2) is 23.7 Å². The van der Waals surface area contributed by atoms with Crippen molar-refractivity contribution >= 4 is 11.7 Å². The Kier molecular flexibility index (Phi) is 5.53. The number of nitro groups is 1. The van der Waals surface area contributed by atoms with Crippen LogP contribution in [0.3, 0.4) is 0 Å². The molecule has 0 saturated carbocycles. The molecule has 1 aromatic carbocycles. The summed E-state index contributed by atoms with van der Waals surface area (Å²) in [5.74, 6) is -2.31. The topological polar surface area (TPSA) is 136 Å². The summed E-state index contributed by atoms with van der Waals surface area (Å²) in [5.41, 5.74) is -0.124. The fraction of sp³-hybridized carbons (Fsp3) is 0.500. The third-order valence-electron chi connectivity index (χ3n) is 4.45. The van der Waals surface area contributed by atoms with E-state index in [1.807, 2.05) is 0 Å². The summed E-state index contributed by atoms with van der Waals surface area (Å²) < 4.78 is 32.1. The lowest BCUT2D eigenvalue weighted by Crippen LogP contribution is -2.33. The molecule has 0 aromatic heterocycles. The molecule has 2 aliphatic rings. The van der Waals surface area contributed by atoms with E-state index in [2.05, 4.69) is 0 Å². The number of aliphatic hydroxyl groups is 1. The first-order valence-corrected chi connectivity index (χ1v) is 8.64. The smallest absolute Gasteiger partial charge is 0.378 e. The predicted octanol–water partition coefficient (Wildman–Crippen LogP) is 1.98. The second-order valence-electron chi connectivity index (χ2n) is 6.79. The fourth-order valence-corrected chi connectivity index (χ4v) is 3.07. The normalized spacial score (nSPS) is 23.1. The number of hydrogen-bond acceptors (Lipinski definition) is 10. The summed E-state index contributed by atoms with van der Waals surface area (Å²) in [7, 11) is 2.75. The Morgan fingerprint density at radius 2 is 1.93 bits per heavy atom. The van der Waals surface area contributed by atoms with Gasteiger partial charge in [0, 0.05) is 0 Å². The van der Waals surface area contributed by atoms with Crippen molar-refractivity contribution in [2.24, 2.45) is 0 Å². The first-order chi connectivity index (χ1) is 13.7. The van der Waals surface area contributed by atoms with Gasteiger partial charge in [0.15, 0.2) is 29.1 Å². The minimum absolute atomic E-state index is 0.113. The molecule has 158 valence electrons. The number of cyclic esters (lactones) is 1. The Labute approximate surface area is 165 Å². The molecule has 0 spiro atoms. The largest absolute Gasteiger partial charge is 0.499 e. The SMILES string of the molecule is COc1cc(COC2=C(O)C(=O)OC2C2COC(C)(C)O2)c([N+](=O)[O-])cc1OC. The number of nitrogens with zero attached hydrogens (tertiary/aromatic N) is 1. The second kappa shape index (κ2) is 7.76. The number of ether oxygens (including phenoxy) is 6. The number of rotatable bonds is 7. The van der Waals surface area contributed by atoms with Gasteiger partial charge in [0.1, 0.15) is 12.7 Å². The zero-order valence-electron chi connectivity index (χ0n) is 16.3. The van der Waals surface area contributed by atoms with Gasteiger partial charge in [-0.25, -0.2) is 4.79 Å². The zero-order chi connectivity index (χ0) is 21.3. The molecule has 0 amide bonds. The molecule has 3 rings (SSSR count). The van der Waals surface area contributed by atoms with Crippen LogP contribution < -0.4 is 9.47 Å². The number of hydrogen-bond donors (Lipinski definition) is 1. The van der Waals surface area contributed by atoms with Gasteiger partial charge in [-0.2, -0.15) is 0 Å². The maximum Gasteiger partial charge on any atom is 0.378 e. The molecular weight excluding hydrogens is 390 g/mol. The molecule has 11 nitrogen and oxygen atoms in total. The zero-order valence-corrected chi connectivity index (χ0v) is 16.3. The molecule has 0 radical (unpaired) electrons. The van der Waals surface area contributed by atoms with Gasteiger partial charge in [-0.3, -0.25) is 10.1 Å². The van der Waals surface area contributed by atoms with Crippen LogP contribution >= 0.6 is 0 Å². The van der Waals surface area contributed by atoms with Gasteiger partial charge in [-0.1, -0.05) is 0 Å². The first kappa shape index (κ1) is 20.7. The average molecular weight is 411 g/mol. The maximum absolute atomic E-state index is 11.8. The van der Waals surface area contributed by atoms with Crippen molar-refractivity contribution < 1.29 is 43.2 Å². The summed E-state index contributed by atoms with van der Waals surface area (Å²) in [5, 5.41) is 21.5. The van der Waals surface area contributed by atoms with Gasteiger partial charge in [-0.05, 0) is 19.9 Å². The highest BCUT2D eigenvalue weighted by molar-refractivity contribution is 5.89. The van der Waals surface area contributed by atoms with E-state index in [0.29, 0.717) is 0 Å². The summed E-state index contributed by atoms with van der Waals surface area (Å²) in [6.07, 6.45) is -1.74. The highest BCUT2D eigenvalue weighted by Gasteiger charge is 2.47. The van der Waals surface area contributed by atoms with Crippen LogP contribution in [0.25, 0.3) is 0 Å². The fourth-order valence-electron chi connectivity index (χ4n) is 3.07. The summed E-state index contributed by atoms with van der Waals surface area (Å²) >= 11 is 0. The number of benzene rings is 1. The van der Waals surface area contributed by atoms with Crippen LogP contribution in [0.2, 0.25) is 0 Å². The van der Waals surface area contributed by atoms with E-state index in [4.69, 9.17) is 28.4 Å². The van der Waals surface area contributed by atoms with Crippen molar-refractivity contribution in [3.8, 4) is 11.5 Å². The summed E-state index contributed by atoms with van der Waals surface area (Å²) in [4.78, 5) is 22.7. The molecule has 2 aliphatic heterocycles. The van der Waals surface area contributed by atoms with Gasteiger partial charge in [0.2, 0.25) is 5.76 Å². The highest BCUT2D eigenvalue weighted by atomic mass is 16.8. The standard InChI is InChI=1S/C18H21NO10/c1-18(2)27-8-13(29-18)15-16(14(20)17(21)28-15)26-7-9-5-11(24-3)12(25-4)6-10(9)19(22)23/h5-6,13,15,20H,7-8H2,1-4H3. The van der Waals surface area contributed by atoms with Crippen molar-refractivity contribution in [2.45, 2.75) is 38.4 Å². The maximum atomic E-state index is 11.8. The van der Waals surface area contributed by atoms with Gasteiger partial charge < -0.3 is 33.5 Å². The molecular formula is C18H21NO10. The van der Waals surface area contributed by atoms with Crippen LogP contribution in [0.1, 0.15) is 19.4 Å². The highest BCUT2D eigenvalue weighted by Crippen LogP contribution is 2.37. The lowest BCUT2D eigenvalue weighted by molar-refractivity contribution is -0.386. The first-order valence-electron chi connectivity index (χ1n) is 8.64. The van der Waals surface area contributed by atoms with Crippen molar-refractivity contribution in [3.05, 3.63) is 39.3 Å². The molecule has 1 fully saturated rings. The number of esters is 1. The number of aliphatic hydroxyl groups excluding tert-OH is 1. The minimum atomic E-state index is -1.04. The van der Waals surface area contributed by atoms with Gasteiger partial charge >= 0.3 is 5.97 Å². The molecule has 29 heavy (non-hydrogen) atoms. The minimum Gasteiger partial charge on any atom is -0.499 e. The van der Waals surface area contributed by atoms with Crippen LogP contribution in [-0.4, -0.2) is 54.8 Å². The van der Waals surface area contributed by atoms with Crippen LogP contribution in [0.5, 0.6) is 11.5 Å². The Balaban J connectivity index is 1.85. The molecule has 1 aromatic rings. The molecule has 0 bridgehead atoms. The lowest BCUT2D eigenvalue weighted by atomic mass is 10.1. The molecule has 11 heteroatoms. The molecule has 1 N–H and O–H groups in total. The van der Waals surface area contributed by atoms with Crippen LogP contribution in [-0.2, 0) is 30.3 Å². The van der Waals surface area contributed by atoms with Gasteiger partial charge in [0.25, 0.3) is 5.69 Å². The lowest BCUT2D eigenvalue weighted by Gasteiger charge is -2.22. The predicted molar refractivity (Wildman–Crippen MR) is 95.4 cm³/mol. The van der Waals surface area contributed by atoms with E-state index in [0.717, 1.165) is 0 Å². The van der Waals surface area contributed by atoms with E-state index in [1.54, 1.807) is 13.8 Å². The van der Waals surface area contributed by atoms with E-state index < -0.39 is 34.6 Å². The third-order valence-corrected chi connectivity index (χ3v) is 4.45. The number of carbonyl (C=O) groups is 1. The van der Waals surface area contributed by atoms with Crippen LogP contribution in [0, 0.1) is 10.1 Å². The van der Waals surface area contributed by atoms with Crippen molar-refractivity contribution in [3.63, 3.8) is 0 Å². The summed E-state index contributed by atoms with van der Waals surface area (Å²) in [6.45, 7) is 3.17. The molecule has 1 saturated heterocycles. The number of methoxy groups -OCH3 is 2. The van der Waals surface area contributed by atoms with Crippen LogP contribution in [0.4, 0.5) is 5.69 Å². The van der Waals surface area contributed by atoms with Gasteiger partial charge in [0.05, 0.1) is 37.4 Å². The Hall–Kier alpha value is -3.05. The van der Waals surface area contributed by atoms with E-state index in [1.165, 1.54) is 26.4 Å². The molecule has 0 aliphatic carbocycles. The number of nitro benzene ring substituents is 1. The molecule has 2 unspecified atom stereocenters. The molecule has 2 atom stereocenters. The monoisotopic (exact) mass is 411 g/mol. The second-order valence-corrected chi connectivity index (χ2v) is 6.79. The van der Waals surface area contributed by atoms with Crippen molar-refractivity contribution in [2.75, 3.05) is 20.8 Å². The van der Waals surface area contributed by atoms with Gasteiger partial charge in [-0.15, -0.1) is 0 Å². The number of carbonyl (C=O) groups excluding carboxylic acids is 1. The van der Waals surface area contributed by atoms with E-state index >= 15 is 0 Å². The third kappa shape index (κ3) is 4.05. The average Bonchev–Trinajstić information content (AvgIpc) is 3.18. The van der Waals surface area contributed by atoms with Crippen molar-refractivity contribution in [1.29, 1.82) is 0 Å². The van der Waals surface area contributed by atoms with Crippen molar-refractivity contribution in [1.82, 2.24) is 0 Å². The summed E-state index contributed by atoms with van der Waals surface area (Å²) in [6, 6.07) is 2.59. The Bertz CT molecular complexity index is 862. The molecule has 2 heterocycles. The van der Waals surface area contributed by atoms with E-state index in [-0.39, 0.29) is 41.7 Å². The Morgan fingerprint density at radius 1 is 1.28 bits per heavy atom. The quantitative estimate of drug-likeness (QED) is 0.403. The Morgan fingerprint density at radius 3 is 2.48 bits per heavy atom.